The fourth-order valence-electron chi connectivity index (χ4n) is 1.64. The predicted octanol–water partition coefficient (Wildman–Crippen LogP) is 2.16. The Morgan fingerprint density at radius 2 is 1.50 bits per heavy atom. The van der Waals surface area contributed by atoms with E-state index in [4.69, 9.17) is 4.74 Å². The summed E-state index contributed by atoms with van der Waals surface area (Å²) >= 11 is 0. The maximum absolute atomic E-state index is 11.6. The number of esters is 1. The average molecular weight is 269 g/mol. The van der Waals surface area contributed by atoms with Gasteiger partial charge in [-0.2, -0.15) is 0 Å². The van der Waals surface area contributed by atoms with Gasteiger partial charge in [0.25, 0.3) is 5.91 Å². The lowest BCUT2D eigenvalue weighted by Gasteiger charge is -2.06. The Balaban J connectivity index is 1.74. The van der Waals surface area contributed by atoms with Crippen molar-refractivity contribution in [1.29, 1.82) is 0 Å². The van der Waals surface area contributed by atoms with Gasteiger partial charge in [-0.15, -0.1) is 0 Å². The molecule has 20 heavy (non-hydrogen) atoms. The number of hydrogen-bond donors (Lipinski definition) is 1. The first-order chi connectivity index (χ1) is 9.75. The van der Waals surface area contributed by atoms with Gasteiger partial charge in [-0.25, -0.2) is 4.79 Å². The smallest absolute Gasteiger partial charge is 0.338 e. The van der Waals surface area contributed by atoms with E-state index in [-0.39, 0.29) is 12.5 Å². The third-order valence-electron chi connectivity index (χ3n) is 2.68. The Morgan fingerprint density at radius 1 is 0.900 bits per heavy atom. The Morgan fingerprint density at radius 3 is 2.15 bits per heavy atom. The molecule has 0 spiro atoms. The Labute approximate surface area is 117 Å². The first-order valence-corrected chi connectivity index (χ1v) is 6.28. The highest BCUT2D eigenvalue weighted by molar-refractivity contribution is 5.91. The number of amides is 1. The third-order valence-corrected chi connectivity index (χ3v) is 2.68. The molecule has 0 aliphatic heterocycles. The minimum atomic E-state index is -0.500. The summed E-state index contributed by atoms with van der Waals surface area (Å²) in [6, 6.07) is 18.1. The molecule has 0 aromatic heterocycles. The van der Waals surface area contributed by atoms with E-state index in [1.807, 2.05) is 36.4 Å². The predicted molar refractivity (Wildman–Crippen MR) is 75.0 cm³/mol. The lowest BCUT2D eigenvalue weighted by atomic mass is 10.2. The molecule has 0 saturated heterocycles. The summed E-state index contributed by atoms with van der Waals surface area (Å²) < 4.78 is 4.93. The third kappa shape index (κ3) is 4.24. The number of ether oxygens (including phenoxy) is 1. The number of benzene rings is 2. The lowest BCUT2D eigenvalue weighted by Crippen LogP contribution is -2.28. The highest BCUT2D eigenvalue weighted by Gasteiger charge is 2.09. The first kappa shape index (κ1) is 13.8. The average Bonchev–Trinajstić information content (AvgIpc) is 2.52. The van der Waals surface area contributed by atoms with E-state index in [1.54, 1.807) is 24.3 Å². The molecule has 2 aromatic rings. The van der Waals surface area contributed by atoms with Crippen LogP contribution in [0.3, 0.4) is 0 Å². The molecule has 0 fully saturated rings. The van der Waals surface area contributed by atoms with Crippen LogP contribution in [0.15, 0.2) is 60.7 Å². The molecular weight excluding hydrogens is 254 g/mol. The summed E-state index contributed by atoms with van der Waals surface area (Å²) in [4.78, 5) is 23.2. The summed E-state index contributed by atoms with van der Waals surface area (Å²) in [7, 11) is 0. The number of carbonyl (C=O) groups excluding carboxylic acids is 2. The Kier molecular flexibility index (Phi) is 4.89. The second kappa shape index (κ2) is 7.09. The highest BCUT2D eigenvalue weighted by atomic mass is 16.5. The minimum Gasteiger partial charge on any atom is -0.452 e. The van der Waals surface area contributed by atoms with E-state index >= 15 is 0 Å². The van der Waals surface area contributed by atoms with E-state index in [1.165, 1.54) is 0 Å². The van der Waals surface area contributed by atoms with Crippen molar-refractivity contribution < 1.29 is 14.3 Å². The van der Waals surface area contributed by atoms with Crippen LogP contribution < -0.4 is 5.32 Å². The number of rotatable bonds is 5. The van der Waals surface area contributed by atoms with Gasteiger partial charge in [-0.1, -0.05) is 48.5 Å². The van der Waals surface area contributed by atoms with Crippen LogP contribution in [0.25, 0.3) is 0 Å². The topological polar surface area (TPSA) is 55.4 Å². The van der Waals surface area contributed by atoms with Gasteiger partial charge in [-0.05, 0) is 17.7 Å². The second-order valence-corrected chi connectivity index (χ2v) is 4.20. The molecule has 0 aliphatic rings. The normalized spacial score (nSPS) is 9.80. The summed E-state index contributed by atoms with van der Waals surface area (Å²) in [5.74, 6) is -0.821. The Bertz CT molecular complexity index is 567. The van der Waals surface area contributed by atoms with Crippen molar-refractivity contribution in [3.05, 3.63) is 71.8 Å². The maximum atomic E-state index is 11.6. The van der Waals surface area contributed by atoms with Gasteiger partial charge in [0, 0.05) is 6.54 Å². The molecule has 2 aromatic carbocycles. The maximum Gasteiger partial charge on any atom is 0.338 e. The molecule has 102 valence electrons. The van der Waals surface area contributed by atoms with Gasteiger partial charge < -0.3 is 10.1 Å². The molecule has 0 aliphatic carbocycles. The molecule has 4 heteroatoms. The monoisotopic (exact) mass is 269 g/mol. The first-order valence-electron chi connectivity index (χ1n) is 6.28. The minimum absolute atomic E-state index is 0.277. The molecule has 4 nitrogen and oxygen atoms in total. The molecule has 2 rings (SSSR count). The fourth-order valence-corrected chi connectivity index (χ4v) is 1.64. The molecule has 0 radical (unpaired) electrons. The quantitative estimate of drug-likeness (QED) is 0.846. The van der Waals surface area contributed by atoms with Crippen LogP contribution in [0.2, 0.25) is 0 Å². The second-order valence-electron chi connectivity index (χ2n) is 4.20. The molecule has 0 bridgehead atoms. The van der Waals surface area contributed by atoms with Crippen LogP contribution in [-0.4, -0.2) is 18.5 Å². The van der Waals surface area contributed by atoms with Crippen LogP contribution >= 0.6 is 0 Å². The number of carbonyl (C=O) groups is 2. The van der Waals surface area contributed by atoms with Gasteiger partial charge in [0.05, 0.1) is 5.56 Å². The van der Waals surface area contributed by atoms with Crippen LogP contribution in [0.1, 0.15) is 15.9 Å². The van der Waals surface area contributed by atoms with Gasteiger partial charge in [0.15, 0.2) is 6.61 Å². The molecule has 0 heterocycles. The lowest BCUT2D eigenvalue weighted by molar-refractivity contribution is -0.124. The van der Waals surface area contributed by atoms with Crippen molar-refractivity contribution in [1.82, 2.24) is 5.32 Å². The molecule has 0 unspecified atom stereocenters. The fraction of sp³-hybridized carbons (Fsp3) is 0.125. The number of nitrogens with one attached hydrogen (secondary N) is 1. The summed E-state index contributed by atoms with van der Waals surface area (Å²) in [6.07, 6.45) is 0. The standard InChI is InChI=1S/C16H15NO3/c18-15(17-11-13-7-3-1-4-8-13)12-20-16(19)14-9-5-2-6-10-14/h1-10H,11-12H2,(H,17,18). The van der Waals surface area contributed by atoms with Gasteiger partial charge in [-0.3, -0.25) is 4.79 Å². The summed E-state index contributed by atoms with van der Waals surface area (Å²) in [5.41, 5.74) is 1.43. The molecule has 1 N–H and O–H groups in total. The van der Waals surface area contributed by atoms with Gasteiger partial charge in [0.2, 0.25) is 0 Å². The van der Waals surface area contributed by atoms with Crippen molar-refractivity contribution in [2.75, 3.05) is 6.61 Å². The van der Waals surface area contributed by atoms with Gasteiger partial charge in [0.1, 0.15) is 0 Å². The van der Waals surface area contributed by atoms with Crippen molar-refractivity contribution in [3.63, 3.8) is 0 Å². The van der Waals surface area contributed by atoms with E-state index in [2.05, 4.69) is 5.32 Å². The van der Waals surface area contributed by atoms with Crippen molar-refractivity contribution >= 4 is 11.9 Å². The number of hydrogen-bond acceptors (Lipinski definition) is 3. The molecule has 0 atom stereocenters. The zero-order chi connectivity index (χ0) is 14.2. The van der Waals surface area contributed by atoms with Crippen LogP contribution in [0, 0.1) is 0 Å². The van der Waals surface area contributed by atoms with Gasteiger partial charge >= 0.3 is 5.97 Å². The van der Waals surface area contributed by atoms with E-state index in [0.29, 0.717) is 12.1 Å². The molecular formula is C16H15NO3. The van der Waals surface area contributed by atoms with Crippen molar-refractivity contribution in [2.24, 2.45) is 0 Å². The van der Waals surface area contributed by atoms with Crippen LogP contribution in [0.5, 0.6) is 0 Å². The van der Waals surface area contributed by atoms with E-state index in [0.717, 1.165) is 5.56 Å². The van der Waals surface area contributed by atoms with Crippen molar-refractivity contribution in [2.45, 2.75) is 6.54 Å². The van der Waals surface area contributed by atoms with E-state index in [9.17, 15) is 9.59 Å². The summed E-state index contributed by atoms with van der Waals surface area (Å²) in [6.45, 7) is 0.142. The SMILES string of the molecule is O=C(COC(=O)c1ccccc1)NCc1ccccc1. The van der Waals surface area contributed by atoms with Crippen LogP contribution in [0.4, 0.5) is 0 Å². The zero-order valence-corrected chi connectivity index (χ0v) is 10.9. The van der Waals surface area contributed by atoms with E-state index < -0.39 is 5.97 Å². The molecule has 0 saturated carbocycles. The largest absolute Gasteiger partial charge is 0.452 e. The highest BCUT2D eigenvalue weighted by Crippen LogP contribution is 2.01. The van der Waals surface area contributed by atoms with Crippen LogP contribution in [-0.2, 0) is 16.1 Å². The zero-order valence-electron chi connectivity index (χ0n) is 10.9. The van der Waals surface area contributed by atoms with Crippen molar-refractivity contribution in [3.8, 4) is 0 Å². The Hall–Kier alpha value is -2.62. The summed E-state index contributed by atoms with van der Waals surface area (Å²) in [5, 5.41) is 2.69. The molecule has 1 amide bonds.